The quantitative estimate of drug-likeness (QED) is 0.459. The number of carbonyl (C=O) groups excluding carboxylic acids is 1. The van der Waals surface area contributed by atoms with Gasteiger partial charge in [-0.1, -0.05) is 54.6 Å². The number of ether oxygens (including phenoxy) is 1. The monoisotopic (exact) mass is 462 g/mol. The van der Waals surface area contributed by atoms with Crippen molar-refractivity contribution in [3.05, 3.63) is 71.3 Å². The molecule has 184 valence electrons. The molecule has 0 unspecified atom stereocenters. The third-order valence-corrected chi connectivity index (χ3v) is 8.02. The van der Waals surface area contributed by atoms with Crippen LogP contribution in [0.2, 0.25) is 0 Å². The zero-order valence-electron chi connectivity index (χ0n) is 20.9. The lowest BCUT2D eigenvalue weighted by atomic mass is 9.82. The largest absolute Gasteiger partial charge is 0.469 e. The SMILES string of the molecule is COC(=O)CCC1CCC(N(CCc2ccccc2)Cc2ccc(C3CCNCC3)cc2)CC1. The number of carbonyl (C=O) groups is 1. The van der Waals surface area contributed by atoms with Crippen LogP contribution >= 0.6 is 0 Å². The summed E-state index contributed by atoms with van der Waals surface area (Å²) in [6, 6.07) is 21.0. The van der Waals surface area contributed by atoms with Gasteiger partial charge in [-0.2, -0.15) is 0 Å². The fraction of sp³-hybridized carbons (Fsp3) is 0.567. The van der Waals surface area contributed by atoms with Crippen molar-refractivity contribution in [3.63, 3.8) is 0 Å². The molecular weight excluding hydrogens is 420 g/mol. The van der Waals surface area contributed by atoms with Crippen LogP contribution in [0.1, 0.15) is 74.0 Å². The predicted molar refractivity (Wildman–Crippen MR) is 139 cm³/mol. The molecule has 0 amide bonds. The summed E-state index contributed by atoms with van der Waals surface area (Å²) in [7, 11) is 1.49. The van der Waals surface area contributed by atoms with Crippen LogP contribution in [0.5, 0.6) is 0 Å². The molecule has 0 spiro atoms. The Morgan fingerprint density at radius 3 is 2.29 bits per heavy atom. The van der Waals surface area contributed by atoms with E-state index in [9.17, 15) is 4.79 Å². The van der Waals surface area contributed by atoms with E-state index in [1.807, 2.05) is 0 Å². The van der Waals surface area contributed by atoms with E-state index < -0.39 is 0 Å². The number of hydrogen-bond acceptors (Lipinski definition) is 4. The molecule has 0 radical (unpaired) electrons. The van der Waals surface area contributed by atoms with E-state index in [-0.39, 0.29) is 5.97 Å². The molecule has 4 rings (SSSR count). The topological polar surface area (TPSA) is 41.6 Å². The highest BCUT2D eigenvalue weighted by Crippen LogP contribution is 2.32. The molecule has 0 aromatic heterocycles. The number of nitrogens with one attached hydrogen (secondary N) is 1. The minimum absolute atomic E-state index is 0.0699. The zero-order chi connectivity index (χ0) is 23.6. The van der Waals surface area contributed by atoms with Crippen molar-refractivity contribution in [1.29, 1.82) is 0 Å². The van der Waals surface area contributed by atoms with E-state index in [0.717, 1.165) is 39.0 Å². The molecule has 2 aromatic rings. The summed E-state index contributed by atoms with van der Waals surface area (Å²) >= 11 is 0. The second kappa shape index (κ2) is 13.1. The minimum atomic E-state index is -0.0699. The van der Waals surface area contributed by atoms with Crippen molar-refractivity contribution >= 4 is 5.97 Å². The van der Waals surface area contributed by atoms with Crippen molar-refractivity contribution in [2.24, 2.45) is 5.92 Å². The van der Waals surface area contributed by atoms with Gasteiger partial charge in [0.25, 0.3) is 0 Å². The van der Waals surface area contributed by atoms with Gasteiger partial charge in [0.2, 0.25) is 0 Å². The Labute approximate surface area is 206 Å². The van der Waals surface area contributed by atoms with Gasteiger partial charge >= 0.3 is 5.97 Å². The van der Waals surface area contributed by atoms with Gasteiger partial charge in [-0.15, -0.1) is 0 Å². The van der Waals surface area contributed by atoms with Gasteiger partial charge < -0.3 is 10.1 Å². The highest BCUT2D eigenvalue weighted by molar-refractivity contribution is 5.69. The van der Waals surface area contributed by atoms with Crippen LogP contribution in [0.3, 0.4) is 0 Å². The number of rotatable bonds is 10. The number of methoxy groups -OCH3 is 1. The summed E-state index contributed by atoms with van der Waals surface area (Å²) < 4.78 is 4.84. The lowest BCUT2D eigenvalue weighted by Gasteiger charge is -2.37. The van der Waals surface area contributed by atoms with Gasteiger partial charge in [0, 0.05) is 25.6 Å². The molecule has 1 N–H and O–H groups in total. The van der Waals surface area contributed by atoms with Gasteiger partial charge in [-0.05, 0) is 93.0 Å². The van der Waals surface area contributed by atoms with Gasteiger partial charge in [-0.3, -0.25) is 9.69 Å². The Morgan fingerprint density at radius 2 is 1.62 bits per heavy atom. The molecule has 34 heavy (non-hydrogen) atoms. The Morgan fingerprint density at radius 1 is 0.912 bits per heavy atom. The molecule has 1 saturated carbocycles. The molecule has 4 heteroatoms. The van der Waals surface area contributed by atoms with Crippen LogP contribution in [0.4, 0.5) is 0 Å². The van der Waals surface area contributed by atoms with Gasteiger partial charge in [0.15, 0.2) is 0 Å². The van der Waals surface area contributed by atoms with Crippen LogP contribution in [-0.4, -0.2) is 43.7 Å². The van der Waals surface area contributed by atoms with Crippen LogP contribution in [0.25, 0.3) is 0 Å². The van der Waals surface area contributed by atoms with Crippen molar-refractivity contribution < 1.29 is 9.53 Å². The molecule has 2 aromatic carbocycles. The molecule has 1 heterocycles. The van der Waals surface area contributed by atoms with Crippen molar-refractivity contribution in [1.82, 2.24) is 10.2 Å². The molecule has 2 fully saturated rings. The number of esters is 1. The highest BCUT2D eigenvalue weighted by atomic mass is 16.5. The van der Waals surface area contributed by atoms with Crippen molar-refractivity contribution in [2.75, 3.05) is 26.7 Å². The Bertz CT molecular complexity index is 853. The number of piperidine rings is 1. The normalized spacial score (nSPS) is 21.5. The van der Waals surface area contributed by atoms with Crippen molar-refractivity contribution in [3.8, 4) is 0 Å². The van der Waals surface area contributed by atoms with Crippen LogP contribution in [0.15, 0.2) is 54.6 Å². The van der Waals surface area contributed by atoms with E-state index >= 15 is 0 Å². The molecule has 1 aliphatic carbocycles. The van der Waals surface area contributed by atoms with E-state index in [4.69, 9.17) is 4.74 Å². The first-order chi connectivity index (χ1) is 16.7. The van der Waals surface area contributed by atoms with E-state index in [2.05, 4.69) is 64.8 Å². The first-order valence-electron chi connectivity index (χ1n) is 13.4. The lowest BCUT2D eigenvalue weighted by molar-refractivity contribution is -0.141. The minimum Gasteiger partial charge on any atom is -0.469 e. The predicted octanol–water partition coefficient (Wildman–Crippen LogP) is 5.71. The Balaban J connectivity index is 1.36. The fourth-order valence-electron chi connectivity index (χ4n) is 5.82. The zero-order valence-corrected chi connectivity index (χ0v) is 20.9. The van der Waals surface area contributed by atoms with Crippen LogP contribution in [0, 0.1) is 5.92 Å². The molecular formula is C30H42N2O2. The maximum Gasteiger partial charge on any atom is 0.305 e. The van der Waals surface area contributed by atoms with Gasteiger partial charge in [0.1, 0.15) is 0 Å². The standard InChI is InChI=1S/C30H42N2O2/c1-34-30(33)16-11-25-9-14-29(15-10-25)32(22-19-24-5-3-2-4-6-24)23-26-7-12-27(13-8-26)28-17-20-31-21-18-28/h2-8,12-13,25,28-29,31H,9-11,14-23H2,1H3. The van der Waals surface area contributed by atoms with Gasteiger partial charge in [-0.25, -0.2) is 0 Å². The molecule has 2 aliphatic rings. The lowest BCUT2D eigenvalue weighted by Crippen LogP contribution is -2.39. The molecule has 4 nitrogen and oxygen atoms in total. The Hall–Kier alpha value is -2.17. The van der Waals surface area contributed by atoms with Crippen LogP contribution < -0.4 is 5.32 Å². The van der Waals surface area contributed by atoms with E-state index in [1.165, 1.54) is 62.3 Å². The van der Waals surface area contributed by atoms with Crippen molar-refractivity contribution in [2.45, 2.75) is 76.3 Å². The van der Waals surface area contributed by atoms with E-state index in [1.54, 1.807) is 0 Å². The first kappa shape index (κ1) is 24.9. The number of benzene rings is 2. The summed E-state index contributed by atoms with van der Waals surface area (Å²) in [4.78, 5) is 14.3. The summed E-state index contributed by atoms with van der Waals surface area (Å²) in [5.74, 6) is 1.31. The summed E-state index contributed by atoms with van der Waals surface area (Å²) in [6.45, 7) is 4.40. The number of hydrogen-bond donors (Lipinski definition) is 1. The smallest absolute Gasteiger partial charge is 0.305 e. The second-order valence-electron chi connectivity index (χ2n) is 10.3. The number of nitrogens with zero attached hydrogens (tertiary/aromatic N) is 1. The third-order valence-electron chi connectivity index (χ3n) is 8.02. The second-order valence-corrected chi connectivity index (χ2v) is 10.3. The molecule has 0 bridgehead atoms. The molecule has 1 saturated heterocycles. The summed E-state index contributed by atoms with van der Waals surface area (Å²) in [6.07, 6.45) is 10.0. The Kier molecular flexibility index (Phi) is 9.58. The average molecular weight is 463 g/mol. The third kappa shape index (κ3) is 7.41. The average Bonchev–Trinajstić information content (AvgIpc) is 2.91. The van der Waals surface area contributed by atoms with Crippen LogP contribution in [-0.2, 0) is 22.5 Å². The first-order valence-corrected chi connectivity index (χ1v) is 13.4. The molecule has 0 atom stereocenters. The summed E-state index contributed by atoms with van der Waals surface area (Å²) in [5.41, 5.74) is 4.35. The molecule has 1 aliphatic heterocycles. The maximum absolute atomic E-state index is 11.5. The van der Waals surface area contributed by atoms with E-state index in [0.29, 0.717) is 24.3 Å². The maximum atomic E-state index is 11.5. The highest BCUT2D eigenvalue weighted by Gasteiger charge is 2.26. The summed E-state index contributed by atoms with van der Waals surface area (Å²) in [5, 5.41) is 3.48. The fourth-order valence-corrected chi connectivity index (χ4v) is 5.82. The van der Waals surface area contributed by atoms with Gasteiger partial charge in [0.05, 0.1) is 7.11 Å².